The highest BCUT2D eigenvalue weighted by atomic mass is 35.5. The lowest BCUT2D eigenvalue weighted by atomic mass is 9.93. The van der Waals surface area contributed by atoms with Crippen LogP contribution in [0.3, 0.4) is 0 Å². The van der Waals surface area contributed by atoms with Crippen molar-refractivity contribution in [1.29, 1.82) is 0 Å². The molecule has 194 valence electrons. The van der Waals surface area contributed by atoms with Crippen molar-refractivity contribution in [3.63, 3.8) is 0 Å². The zero-order valence-electron chi connectivity index (χ0n) is 21.0. The third-order valence-electron chi connectivity index (χ3n) is 5.98. The molecule has 0 fully saturated rings. The van der Waals surface area contributed by atoms with Crippen molar-refractivity contribution in [2.45, 2.75) is 57.7 Å². The van der Waals surface area contributed by atoms with Gasteiger partial charge < -0.3 is 20.3 Å². The summed E-state index contributed by atoms with van der Waals surface area (Å²) in [4.78, 5) is 14.2. The van der Waals surface area contributed by atoms with Gasteiger partial charge in [0.25, 0.3) is 5.91 Å². The van der Waals surface area contributed by atoms with Crippen molar-refractivity contribution >= 4 is 50.3 Å². The first-order valence-corrected chi connectivity index (χ1v) is 14.0. The molecule has 0 aliphatic carbocycles. The number of aryl methyl sites for hydroxylation is 4. The fourth-order valence-electron chi connectivity index (χ4n) is 4.07. The van der Waals surface area contributed by atoms with Crippen LogP contribution in [-0.2, 0) is 9.84 Å². The summed E-state index contributed by atoms with van der Waals surface area (Å²) in [7, 11) is -4.15. The summed E-state index contributed by atoms with van der Waals surface area (Å²) in [6.07, 6.45) is 1.21. The number of nitrogens with zero attached hydrogens (tertiary/aromatic N) is 1. The molecule has 0 saturated carbocycles. The molecule has 0 spiro atoms. The Morgan fingerprint density at radius 3 is 2.50 bits per heavy atom. The number of hydrogen-bond donors (Lipinski definition) is 3. The van der Waals surface area contributed by atoms with E-state index < -0.39 is 21.1 Å². The SMILES string of the molecule is C=CC(Nc1onc(C)c1Cl)S(=O)(=O)c1c(C(=O)Nc2cc(C)cc(C)c2C(C)CO)sc(C)c1C. The monoisotopic (exact) mass is 551 g/mol. The van der Waals surface area contributed by atoms with Crippen LogP contribution in [0.4, 0.5) is 11.6 Å². The summed E-state index contributed by atoms with van der Waals surface area (Å²) in [6, 6.07) is 3.79. The Hall–Kier alpha value is -2.66. The number of thiophene rings is 1. The lowest BCUT2D eigenvalue weighted by Crippen LogP contribution is -2.29. The van der Waals surface area contributed by atoms with E-state index in [2.05, 4.69) is 22.4 Å². The maximum atomic E-state index is 13.8. The number of benzene rings is 1. The van der Waals surface area contributed by atoms with Crippen molar-refractivity contribution in [3.8, 4) is 0 Å². The van der Waals surface area contributed by atoms with Crippen LogP contribution in [0.25, 0.3) is 0 Å². The first-order valence-electron chi connectivity index (χ1n) is 11.2. The minimum Gasteiger partial charge on any atom is -0.396 e. The van der Waals surface area contributed by atoms with Crippen molar-refractivity contribution in [1.82, 2.24) is 5.16 Å². The van der Waals surface area contributed by atoms with Gasteiger partial charge in [-0.2, -0.15) is 0 Å². The lowest BCUT2D eigenvalue weighted by Gasteiger charge is -2.20. The third-order valence-corrected chi connectivity index (χ3v) is 9.82. The van der Waals surface area contributed by atoms with Crippen molar-refractivity contribution < 1.29 is 22.8 Å². The number of aliphatic hydroxyl groups is 1. The summed E-state index contributed by atoms with van der Waals surface area (Å²) >= 11 is 7.26. The van der Waals surface area contributed by atoms with Crippen LogP contribution in [0.5, 0.6) is 0 Å². The number of nitrogens with one attached hydrogen (secondary N) is 2. The smallest absolute Gasteiger partial charge is 0.267 e. The number of amides is 1. The molecule has 1 amide bonds. The van der Waals surface area contributed by atoms with Gasteiger partial charge in [0, 0.05) is 23.1 Å². The molecule has 3 rings (SSSR count). The van der Waals surface area contributed by atoms with Gasteiger partial charge in [-0.15, -0.1) is 11.3 Å². The zero-order chi connectivity index (χ0) is 26.9. The molecule has 11 heteroatoms. The second-order valence-corrected chi connectivity index (χ2v) is 12.4. The van der Waals surface area contributed by atoms with Crippen molar-refractivity contribution in [3.05, 3.63) is 67.5 Å². The Morgan fingerprint density at radius 1 is 1.28 bits per heavy atom. The standard InChI is InChI=1S/C25H30ClN3O5S2/c1-8-19(28-25-21(26)16(6)29-34-25)36(32,33)23-15(5)17(7)35-22(23)24(31)27-18-10-12(2)9-13(3)20(18)14(4)11-30/h8-10,14,19,28,30H,1,11H2,2-7H3,(H,27,31). The number of hydrogen-bond acceptors (Lipinski definition) is 8. The minimum atomic E-state index is -4.15. The van der Waals surface area contributed by atoms with Gasteiger partial charge >= 0.3 is 0 Å². The van der Waals surface area contributed by atoms with Gasteiger partial charge in [0.15, 0.2) is 5.37 Å². The molecule has 2 atom stereocenters. The largest absolute Gasteiger partial charge is 0.396 e. The lowest BCUT2D eigenvalue weighted by molar-refractivity contribution is 0.102. The Bertz CT molecular complexity index is 1430. The normalized spacial score (nSPS) is 13.3. The number of carbonyl (C=O) groups excluding carboxylic acids is 1. The molecular formula is C25H30ClN3O5S2. The Balaban J connectivity index is 2.06. The van der Waals surface area contributed by atoms with Gasteiger partial charge in [-0.1, -0.05) is 42.4 Å². The van der Waals surface area contributed by atoms with Crippen LogP contribution in [0.1, 0.15) is 55.3 Å². The maximum Gasteiger partial charge on any atom is 0.267 e. The molecule has 3 N–H and O–H groups in total. The molecule has 0 radical (unpaired) electrons. The summed E-state index contributed by atoms with van der Waals surface area (Å²) < 4.78 is 32.7. The summed E-state index contributed by atoms with van der Waals surface area (Å²) in [5.74, 6) is -0.779. The van der Waals surface area contributed by atoms with E-state index in [-0.39, 0.29) is 33.2 Å². The topological polar surface area (TPSA) is 122 Å². The van der Waals surface area contributed by atoms with Crippen LogP contribution in [0.2, 0.25) is 5.02 Å². The van der Waals surface area contributed by atoms with Gasteiger partial charge in [-0.25, -0.2) is 8.42 Å². The summed E-state index contributed by atoms with van der Waals surface area (Å²) in [5.41, 5.74) is 4.07. The average Bonchev–Trinajstić information content (AvgIpc) is 3.29. The Kier molecular flexibility index (Phi) is 8.34. The van der Waals surface area contributed by atoms with Crippen LogP contribution in [-0.4, -0.2) is 36.6 Å². The molecule has 2 unspecified atom stereocenters. The molecule has 8 nitrogen and oxygen atoms in total. The predicted octanol–water partition coefficient (Wildman–Crippen LogP) is 5.68. The van der Waals surface area contributed by atoms with Gasteiger partial charge in [0.2, 0.25) is 15.7 Å². The van der Waals surface area contributed by atoms with Crippen molar-refractivity contribution in [2.24, 2.45) is 0 Å². The van der Waals surface area contributed by atoms with E-state index >= 15 is 0 Å². The first kappa shape index (κ1) is 27.9. The molecule has 2 heterocycles. The van der Waals surface area contributed by atoms with Gasteiger partial charge in [-0.05, 0) is 62.9 Å². The Morgan fingerprint density at radius 2 is 1.94 bits per heavy atom. The average molecular weight is 552 g/mol. The highest BCUT2D eigenvalue weighted by Gasteiger charge is 2.35. The molecule has 0 aliphatic heterocycles. The van der Waals surface area contributed by atoms with Crippen LogP contribution in [0, 0.1) is 34.6 Å². The van der Waals surface area contributed by atoms with E-state index in [1.807, 2.05) is 32.9 Å². The van der Waals surface area contributed by atoms with Crippen molar-refractivity contribution in [2.75, 3.05) is 17.2 Å². The number of rotatable bonds is 9. The number of sulfone groups is 1. The van der Waals surface area contributed by atoms with E-state index in [1.165, 1.54) is 6.08 Å². The quantitative estimate of drug-likeness (QED) is 0.292. The van der Waals surface area contributed by atoms with Crippen LogP contribution in [0.15, 0.2) is 34.2 Å². The molecular weight excluding hydrogens is 522 g/mol. The molecule has 0 bridgehead atoms. The number of anilines is 2. The number of halogens is 1. The van der Waals surface area contributed by atoms with Crippen LogP contribution >= 0.6 is 22.9 Å². The van der Waals surface area contributed by atoms with Crippen LogP contribution < -0.4 is 10.6 Å². The highest BCUT2D eigenvalue weighted by molar-refractivity contribution is 7.92. The van der Waals surface area contributed by atoms with Gasteiger partial charge in [0.1, 0.15) is 15.6 Å². The van der Waals surface area contributed by atoms with Gasteiger partial charge in [-0.3, -0.25) is 4.79 Å². The molecule has 1 aromatic carbocycles. The number of aliphatic hydroxyl groups excluding tert-OH is 1. The Labute approximate surface area is 220 Å². The van der Waals surface area contributed by atoms with E-state index in [0.29, 0.717) is 21.8 Å². The fourth-order valence-corrected chi connectivity index (χ4v) is 7.39. The summed E-state index contributed by atoms with van der Waals surface area (Å²) in [5, 5.41) is 18.0. The fraction of sp³-hybridized carbons (Fsp3) is 0.360. The second-order valence-electron chi connectivity index (χ2n) is 8.78. The summed E-state index contributed by atoms with van der Waals surface area (Å²) in [6.45, 7) is 14.3. The molecule has 0 aliphatic rings. The third kappa shape index (κ3) is 5.22. The highest BCUT2D eigenvalue weighted by Crippen LogP contribution is 2.37. The second kappa shape index (κ2) is 10.8. The molecule has 2 aromatic heterocycles. The van der Waals surface area contributed by atoms with E-state index in [0.717, 1.165) is 28.0 Å². The van der Waals surface area contributed by atoms with E-state index in [1.54, 1.807) is 20.8 Å². The number of aromatic nitrogens is 1. The molecule has 0 saturated heterocycles. The molecule has 36 heavy (non-hydrogen) atoms. The van der Waals surface area contributed by atoms with Gasteiger partial charge in [0.05, 0.1) is 4.90 Å². The first-order chi connectivity index (χ1) is 16.8. The van der Waals surface area contributed by atoms with E-state index in [4.69, 9.17) is 16.1 Å². The maximum absolute atomic E-state index is 13.8. The number of carbonyl (C=O) groups is 1. The zero-order valence-corrected chi connectivity index (χ0v) is 23.4. The minimum absolute atomic E-state index is 0.00360. The predicted molar refractivity (Wildman–Crippen MR) is 144 cm³/mol. The molecule has 3 aromatic rings. The van der Waals surface area contributed by atoms with E-state index in [9.17, 15) is 18.3 Å².